The fraction of sp³-hybridized carbons (Fsp3) is 0.692. The van der Waals surface area contributed by atoms with Gasteiger partial charge in [0.2, 0.25) is 0 Å². The van der Waals surface area contributed by atoms with Gasteiger partial charge in [0.15, 0.2) is 0 Å². The summed E-state index contributed by atoms with van der Waals surface area (Å²) in [5.74, 6) is 1.48. The van der Waals surface area contributed by atoms with Crippen molar-refractivity contribution in [3.63, 3.8) is 0 Å². The predicted molar refractivity (Wildman–Crippen MR) is 67.1 cm³/mol. The Morgan fingerprint density at radius 1 is 1.18 bits per heavy atom. The molecule has 1 N–H and O–H groups in total. The summed E-state index contributed by atoms with van der Waals surface area (Å²) in [4.78, 5) is 9.34. The second-order valence-corrected chi connectivity index (χ2v) is 4.65. The molecule has 0 bridgehead atoms. The van der Waals surface area contributed by atoms with Crippen molar-refractivity contribution in [2.75, 3.05) is 20.3 Å². The van der Waals surface area contributed by atoms with Gasteiger partial charge in [0.25, 0.3) is 0 Å². The van der Waals surface area contributed by atoms with Crippen LogP contribution in [-0.4, -0.2) is 30.2 Å². The Morgan fingerprint density at radius 3 is 2.29 bits per heavy atom. The zero-order valence-corrected chi connectivity index (χ0v) is 10.9. The van der Waals surface area contributed by atoms with Gasteiger partial charge in [-0.25, -0.2) is 9.97 Å². The molecule has 1 aromatic rings. The molecule has 0 atom stereocenters. The van der Waals surface area contributed by atoms with E-state index < -0.39 is 0 Å². The summed E-state index contributed by atoms with van der Waals surface area (Å²) in [6.45, 7) is 6.66. The lowest BCUT2D eigenvalue weighted by atomic mass is 9.99. The van der Waals surface area contributed by atoms with Crippen LogP contribution < -0.4 is 5.32 Å². The molecular formula is C13H21N3O. The van der Waals surface area contributed by atoms with Crippen molar-refractivity contribution in [3.8, 4) is 0 Å². The molecule has 1 aromatic heterocycles. The molecule has 0 aromatic carbocycles. The molecule has 1 aliphatic heterocycles. The van der Waals surface area contributed by atoms with E-state index in [-0.39, 0.29) is 0 Å². The van der Waals surface area contributed by atoms with Crippen LogP contribution in [0.1, 0.15) is 41.5 Å². The Morgan fingerprint density at radius 2 is 1.76 bits per heavy atom. The molecule has 2 rings (SSSR count). The number of aryl methyl sites for hydroxylation is 2. The molecule has 0 saturated carbocycles. The van der Waals surface area contributed by atoms with E-state index in [0.717, 1.165) is 49.8 Å². The minimum absolute atomic E-state index is 0.477. The monoisotopic (exact) mass is 235 g/mol. The van der Waals surface area contributed by atoms with Crippen LogP contribution >= 0.6 is 0 Å². The third-order valence-electron chi connectivity index (χ3n) is 3.38. The topological polar surface area (TPSA) is 47.0 Å². The van der Waals surface area contributed by atoms with E-state index in [1.807, 2.05) is 7.05 Å². The standard InChI is InChI=1S/C13H21N3O/c1-9-12(8-14-3)10(2)16-13(15-9)11-4-6-17-7-5-11/h11,14H,4-8H2,1-3H3. The lowest BCUT2D eigenvalue weighted by Gasteiger charge is -2.22. The summed E-state index contributed by atoms with van der Waals surface area (Å²) in [5.41, 5.74) is 3.44. The molecule has 0 amide bonds. The summed E-state index contributed by atoms with van der Waals surface area (Å²) in [6, 6.07) is 0. The molecule has 4 nitrogen and oxygen atoms in total. The first-order chi connectivity index (χ1) is 8.22. The van der Waals surface area contributed by atoms with E-state index in [1.54, 1.807) is 0 Å². The van der Waals surface area contributed by atoms with Crippen LogP contribution in [0.3, 0.4) is 0 Å². The molecular weight excluding hydrogens is 214 g/mol. The van der Waals surface area contributed by atoms with Crippen LogP contribution in [0.25, 0.3) is 0 Å². The van der Waals surface area contributed by atoms with Crippen LogP contribution in [0.4, 0.5) is 0 Å². The van der Waals surface area contributed by atoms with Gasteiger partial charge < -0.3 is 10.1 Å². The van der Waals surface area contributed by atoms with Crippen molar-refractivity contribution >= 4 is 0 Å². The highest BCUT2D eigenvalue weighted by Gasteiger charge is 2.20. The first kappa shape index (κ1) is 12.5. The van der Waals surface area contributed by atoms with Crippen LogP contribution in [0.2, 0.25) is 0 Å². The minimum Gasteiger partial charge on any atom is -0.381 e. The highest BCUT2D eigenvalue weighted by molar-refractivity contribution is 5.25. The first-order valence-electron chi connectivity index (χ1n) is 6.28. The Bertz CT molecular complexity index is 363. The summed E-state index contributed by atoms with van der Waals surface area (Å²) < 4.78 is 5.38. The Kier molecular flexibility index (Phi) is 4.07. The Hall–Kier alpha value is -1.00. The number of rotatable bonds is 3. The van der Waals surface area contributed by atoms with Crippen molar-refractivity contribution in [1.29, 1.82) is 0 Å². The summed E-state index contributed by atoms with van der Waals surface area (Å²) in [5, 5.41) is 3.16. The maximum absolute atomic E-state index is 5.38. The van der Waals surface area contributed by atoms with E-state index in [2.05, 4.69) is 29.1 Å². The minimum atomic E-state index is 0.477. The molecule has 0 aliphatic carbocycles. The maximum Gasteiger partial charge on any atom is 0.132 e. The number of nitrogens with one attached hydrogen (secondary N) is 1. The number of aromatic nitrogens is 2. The zero-order chi connectivity index (χ0) is 12.3. The fourth-order valence-electron chi connectivity index (χ4n) is 2.34. The van der Waals surface area contributed by atoms with Gasteiger partial charge in [0.1, 0.15) is 5.82 Å². The van der Waals surface area contributed by atoms with E-state index in [4.69, 9.17) is 4.74 Å². The van der Waals surface area contributed by atoms with Gasteiger partial charge in [-0.2, -0.15) is 0 Å². The normalized spacial score (nSPS) is 17.4. The summed E-state index contributed by atoms with van der Waals surface area (Å²) in [6.07, 6.45) is 2.09. The van der Waals surface area contributed by atoms with Crippen LogP contribution in [0.15, 0.2) is 0 Å². The third-order valence-corrected chi connectivity index (χ3v) is 3.38. The van der Waals surface area contributed by atoms with Crippen LogP contribution in [0, 0.1) is 13.8 Å². The second-order valence-electron chi connectivity index (χ2n) is 4.65. The van der Waals surface area contributed by atoms with Gasteiger partial charge in [-0.15, -0.1) is 0 Å². The molecule has 2 heterocycles. The number of hydrogen-bond acceptors (Lipinski definition) is 4. The third kappa shape index (κ3) is 2.82. The van der Waals surface area contributed by atoms with Gasteiger partial charge >= 0.3 is 0 Å². The molecule has 4 heteroatoms. The fourth-order valence-corrected chi connectivity index (χ4v) is 2.34. The summed E-state index contributed by atoms with van der Waals surface area (Å²) in [7, 11) is 1.95. The molecule has 0 spiro atoms. The predicted octanol–water partition coefficient (Wildman–Crippen LogP) is 1.71. The van der Waals surface area contributed by atoms with Crippen molar-refractivity contribution in [2.45, 2.75) is 39.2 Å². The van der Waals surface area contributed by atoms with Gasteiger partial charge in [-0.3, -0.25) is 0 Å². The van der Waals surface area contributed by atoms with E-state index in [1.165, 1.54) is 5.56 Å². The summed E-state index contributed by atoms with van der Waals surface area (Å²) >= 11 is 0. The molecule has 17 heavy (non-hydrogen) atoms. The largest absolute Gasteiger partial charge is 0.381 e. The maximum atomic E-state index is 5.38. The molecule has 0 radical (unpaired) electrons. The Balaban J connectivity index is 2.24. The quantitative estimate of drug-likeness (QED) is 0.866. The molecule has 1 aliphatic rings. The van der Waals surface area contributed by atoms with E-state index >= 15 is 0 Å². The number of nitrogens with zero attached hydrogens (tertiary/aromatic N) is 2. The van der Waals surface area contributed by atoms with Crippen molar-refractivity contribution in [3.05, 3.63) is 22.8 Å². The number of hydrogen-bond donors (Lipinski definition) is 1. The lowest BCUT2D eigenvalue weighted by Crippen LogP contribution is -2.19. The lowest BCUT2D eigenvalue weighted by molar-refractivity contribution is 0.0835. The first-order valence-corrected chi connectivity index (χ1v) is 6.28. The van der Waals surface area contributed by atoms with Gasteiger partial charge in [0.05, 0.1) is 0 Å². The van der Waals surface area contributed by atoms with Gasteiger partial charge in [-0.1, -0.05) is 0 Å². The van der Waals surface area contributed by atoms with Crippen molar-refractivity contribution in [1.82, 2.24) is 15.3 Å². The zero-order valence-electron chi connectivity index (χ0n) is 10.9. The van der Waals surface area contributed by atoms with Crippen molar-refractivity contribution < 1.29 is 4.74 Å². The van der Waals surface area contributed by atoms with Gasteiger partial charge in [0, 0.05) is 42.6 Å². The SMILES string of the molecule is CNCc1c(C)nc(C2CCOCC2)nc1C. The highest BCUT2D eigenvalue weighted by atomic mass is 16.5. The average molecular weight is 235 g/mol. The molecule has 1 saturated heterocycles. The molecule has 94 valence electrons. The van der Waals surface area contributed by atoms with Crippen LogP contribution in [-0.2, 0) is 11.3 Å². The second kappa shape index (κ2) is 5.56. The van der Waals surface area contributed by atoms with E-state index in [0.29, 0.717) is 5.92 Å². The smallest absolute Gasteiger partial charge is 0.132 e. The molecule has 1 fully saturated rings. The highest BCUT2D eigenvalue weighted by Crippen LogP contribution is 2.25. The van der Waals surface area contributed by atoms with Gasteiger partial charge in [-0.05, 0) is 33.7 Å². The van der Waals surface area contributed by atoms with E-state index in [9.17, 15) is 0 Å². The van der Waals surface area contributed by atoms with Crippen LogP contribution in [0.5, 0.6) is 0 Å². The van der Waals surface area contributed by atoms with Crippen molar-refractivity contribution in [2.24, 2.45) is 0 Å². The number of ether oxygens (including phenoxy) is 1. The average Bonchev–Trinajstić information content (AvgIpc) is 2.35. The Labute approximate surface area is 103 Å². The molecule has 0 unspecified atom stereocenters.